The summed E-state index contributed by atoms with van der Waals surface area (Å²) in [5.74, 6) is 0.196. The molecule has 0 radical (unpaired) electrons. The van der Waals surface area contributed by atoms with Crippen molar-refractivity contribution in [2.45, 2.75) is 13.0 Å². The number of nitrogens with zero attached hydrogens (tertiary/aromatic N) is 3. The first-order chi connectivity index (χ1) is 13.2. The van der Waals surface area contributed by atoms with Gasteiger partial charge in [-0.15, -0.1) is 0 Å². The Hall–Kier alpha value is -2.93. The van der Waals surface area contributed by atoms with Gasteiger partial charge in [0.1, 0.15) is 12.4 Å². The fourth-order valence-corrected chi connectivity index (χ4v) is 3.62. The second kappa shape index (κ2) is 7.36. The van der Waals surface area contributed by atoms with Crippen molar-refractivity contribution in [3.8, 4) is 0 Å². The van der Waals surface area contributed by atoms with Gasteiger partial charge in [-0.2, -0.15) is 10.1 Å². The van der Waals surface area contributed by atoms with Gasteiger partial charge in [0.05, 0.1) is 17.9 Å². The third-order valence-corrected chi connectivity index (χ3v) is 4.81. The zero-order valence-corrected chi connectivity index (χ0v) is 16.2. The number of carbonyl (C=O) groups excluding carboxylic acids is 1. The van der Waals surface area contributed by atoms with Crippen LogP contribution in [0.4, 0.5) is 5.95 Å². The van der Waals surface area contributed by atoms with Gasteiger partial charge in [-0.05, 0) is 30.2 Å². The zero-order chi connectivity index (χ0) is 18.8. The molecular formula is C20H17BrN4O2. The molecule has 1 N–H and O–H groups in total. The van der Waals surface area contributed by atoms with Crippen LogP contribution in [0, 0.1) is 0 Å². The maximum Gasteiger partial charge on any atom is 0.338 e. The minimum Gasteiger partial charge on any atom is -0.463 e. The molecule has 1 aromatic heterocycles. The molecule has 1 unspecified atom stereocenters. The summed E-state index contributed by atoms with van der Waals surface area (Å²) in [5.41, 5.74) is 2.97. The second-order valence-electron chi connectivity index (χ2n) is 5.99. The molecular weight excluding hydrogens is 408 g/mol. The van der Waals surface area contributed by atoms with E-state index in [1.54, 1.807) is 11.6 Å². The Morgan fingerprint density at radius 3 is 2.78 bits per heavy atom. The molecule has 1 aliphatic rings. The van der Waals surface area contributed by atoms with Gasteiger partial charge in [-0.3, -0.25) is 0 Å². The van der Waals surface area contributed by atoms with E-state index in [1.807, 2.05) is 54.6 Å². The number of fused-ring (bicyclic) bond motifs is 1. The fraction of sp³-hybridized carbons (Fsp3) is 0.150. The Bertz CT molecular complexity index is 1010. The van der Waals surface area contributed by atoms with Crippen LogP contribution >= 0.6 is 15.9 Å². The smallest absolute Gasteiger partial charge is 0.338 e. The first-order valence-corrected chi connectivity index (χ1v) is 9.37. The highest BCUT2D eigenvalue weighted by Crippen LogP contribution is 2.39. The highest BCUT2D eigenvalue weighted by molar-refractivity contribution is 9.10. The number of carbonyl (C=O) groups is 1. The van der Waals surface area contributed by atoms with Gasteiger partial charge in [0, 0.05) is 4.47 Å². The van der Waals surface area contributed by atoms with E-state index >= 15 is 0 Å². The van der Waals surface area contributed by atoms with Gasteiger partial charge >= 0.3 is 5.97 Å². The summed E-state index contributed by atoms with van der Waals surface area (Å²) in [6, 6.07) is 17.1. The van der Waals surface area contributed by atoms with Gasteiger partial charge in [0.25, 0.3) is 0 Å². The van der Waals surface area contributed by atoms with Crippen LogP contribution in [0.25, 0.3) is 5.70 Å². The zero-order valence-electron chi connectivity index (χ0n) is 14.6. The monoisotopic (exact) mass is 424 g/mol. The van der Waals surface area contributed by atoms with Crippen molar-refractivity contribution < 1.29 is 9.53 Å². The first kappa shape index (κ1) is 17.5. The average Bonchev–Trinajstić information content (AvgIpc) is 3.15. The molecule has 27 heavy (non-hydrogen) atoms. The van der Waals surface area contributed by atoms with Crippen molar-refractivity contribution in [3.05, 3.63) is 82.1 Å². The van der Waals surface area contributed by atoms with Gasteiger partial charge in [-0.25, -0.2) is 9.48 Å². The largest absolute Gasteiger partial charge is 0.463 e. The van der Waals surface area contributed by atoms with E-state index in [0.717, 1.165) is 15.6 Å². The topological polar surface area (TPSA) is 69.0 Å². The molecule has 1 atom stereocenters. The van der Waals surface area contributed by atoms with Crippen molar-refractivity contribution in [2.24, 2.45) is 0 Å². The van der Waals surface area contributed by atoms with E-state index < -0.39 is 6.04 Å². The van der Waals surface area contributed by atoms with Crippen LogP contribution < -0.4 is 5.32 Å². The number of rotatable bonds is 4. The number of ether oxygens (including phenoxy) is 1. The normalized spacial score (nSPS) is 15.9. The Kier molecular flexibility index (Phi) is 4.77. The Morgan fingerprint density at radius 2 is 2.04 bits per heavy atom. The predicted molar refractivity (Wildman–Crippen MR) is 106 cm³/mol. The highest BCUT2D eigenvalue weighted by Gasteiger charge is 2.36. The van der Waals surface area contributed by atoms with Gasteiger partial charge in [-0.1, -0.05) is 58.4 Å². The van der Waals surface area contributed by atoms with E-state index in [1.165, 1.54) is 6.33 Å². The number of benzene rings is 2. The molecule has 4 rings (SSSR count). The number of hydrogen-bond donors (Lipinski definition) is 1. The minimum atomic E-state index is -0.449. The molecule has 3 aromatic rings. The van der Waals surface area contributed by atoms with Crippen LogP contribution in [0.3, 0.4) is 0 Å². The first-order valence-electron chi connectivity index (χ1n) is 8.57. The number of hydrogen-bond acceptors (Lipinski definition) is 5. The number of nitrogens with one attached hydrogen (secondary N) is 1. The van der Waals surface area contributed by atoms with Crippen LogP contribution in [0.1, 0.15) is 24.1 Å². The molecule has 2 aromatic carbocycles. The maximum absolute atomic E-state index is 13.0. The van der Waals surface area contributed by atoms with Crippen molar-refractivity contribution in [3.63, 3.8) is 0 Å². The molecule has 0 saturated heterocycles. The summed E-state index contributed by atoms with van der Waals surface area (Å²) in [7, 11) is 0. The maximum atomic E-state index is 13.0. The van der Waals surface area contributed by atoms with Crippen LogP contribution in [0.15, 0.2) is 71.0 Å². The third-order valence-electron chi connectivity index (χ3n) is 4.32. The van der Waals surface area contributed by atoms with Crippen LogP contribution in [-0.4, -0.2) is 27.3 Å². The van der Waals surface area contributed by atoms with Crippen LogP contribution in [-0.2, 0) is 9.53 Å². The van der Waals surface area contributed by atoms with Crippen LogP contribution in [0.5, 0.6) is 0 Å². The second-order valence-corrected chi connectivity index (χ2v) is 6.90. The lowest BCUT2D eigenvalue weighted by molar-refractivity contribution is -0.138. The van der Waals surface area contributed by atoms with E-state index in [-0.39, 0.29) is 5.97 Å². The van der Waals surface area contributed by atoms with E-state index in [0.29, 0.717) is 23.8 Å². The summed E-state index contributed by atoms with van der Waals surface area (Å²) in [5, 5.41) is 7.60. The van der Waals surface area contributed by atoms with Gasteiger partial charge < -0.3 is 10.1 Å². The molecule has 0 fully saturated rings. The van der Waals surface area contributed by atoms with Crippen molar-refractivity contribution in [1.29, 1.82) is 0 Å². The van der Waals surface area contributed by atoms with Crippen molar-refractivity contribution in [2.75, 3.05) is 11.9 Å². The van der Waals surface area contributed by atoms with Crippen LogP contribution in [0.2, 0.25) is 0 Å². The molecule has 7 heteroatoms. The van der Waals surface area contributed by atoms with Gasteiger partial charge in [0.2, 0.25) is 5.95 Å². The van der Waals surface area contributed by atoms with E-state index in [4.69, 9.17) is 4.74 Å². The lowest BCUT2D eigenvalue weighted by atomic mass is 9.93. The molecule has 0 amide bonds. The number of aromatic nitrogens is 3. The molecule has 0 aliphatic carbocycles. The molecule has 0 saturated carbocycles. The molecule has 6 nitrogen and oxygen atoms in total. The number of halogens is 1. The minimum absolute atomic E-state index is 0.291. The highest BCUT2D eigenvalue weighted by atomic mass is 79.9. The Morgan fingerprint density at radius 1 is 1.22 bits per heavy atom. The molecule has 1 aliphatic heterocycles. The summed E-state index contributed by atoms with van der Waals surface area (Å²) < 4.78 is 8.03. The average molecular weight is 425 g/mol. The predicted octanol–water partition coefficient (Wildman–Crippen LogP) is 4.03. The summed E-state index contributed by atoms with van der Waals surface area (Å²) in [6.45, 7) is 2.09. The summed E-state index contributed by atoms with van der Waals surface area (Å²) >= 11 is 3.51. The fourth-order valence-electron chi connectivity index (χ4n) is 3.21. The molecule has 2 heterocycles. The van der Waals surface area contributed by atoms with E-state index in [2.05, 4.69) is 31.3 Å². The standard InChI is InChI=1S/C20H17BrN4O2/c1-2-27-19(26)16-17(13-7-4-3-5-8-13)24-20-22-12-23-25(20)18(16)14-9-6-10-15(21)11-14/h3-12,18H,2H2,1H3,(H,22,23,24). The van der Waals surface area contributed by atoms with Crippen molar-refractivity contribution in [1.82, 2.24) is 14.8 Å². The third kappa shape index (κ3) is 3.26. The Labute approximate surface area is 165 Å². The lowest BCUT2D eigenvalue weighted by Crippen LogP contribution is -2.30. The number of esters is 1. The van der Waals surface area contributed by atoms with E-state index in [9.17, 15) is 4.79 Å². The summed E-state index contributed by atoms with van der Waals surface area (Å²) in [4.78, 5) is 17.3. The van der Waals surface area contributed by atoms with Gasteiger partial charge in [0.15, 0.2) is 0 Å². The lowest BCUT2D eigenvalue weighted by Gasteiger charge is -2.29. The quantitative estimate of drug-likeness (QED) is 0.640. The molecule has 0 spiro atoms. The SMILES string of the molecule is CCOC(=O)C1=C(c2ccccc2)Nc2ncnn2C1c1cccc(Br)c1. The Balaban J connectivity index is 1.97. The summed E-state index contributed by atoms with van der Waals surface area (Å²) in [6.07, 6.45) is 1.48. The number of anilines is 1. The molecule has 136 valence electrons. The van der Waals surface area contributed by atoms with Crippen molar-refractivity contribution >= 4 is 33.5 Å². The molecule has 0 bridgehead atoms.